The van der Waals surface area contributed by atoms with Crippen LogP contribution in [-0.2, 0) is 6.42 Å². The van der Waals surface area contributed by atoms with Crippen molar-refractivity contribution in [2.24, 2.45) is 4.99 Å². The Morgan fingerprint density at radius 1 is 1.12 bits per heavy atom. The van der Waals surface area contributed by atoms with Crippen LogP contribution in [0.2, 0.25) is 10.0 Å². The number of nitrogens with zero attached hydrogens (tertiary/aromatic N) is 1. The normalized spacial score (nSPS) is 13.4. The molecule has 0 saturated heterocycles. The van der Waals surface area contributed by atoms with E-state index in [9.17, 15) is 0 Å². The van der Waals surface area contributed by atoms with Gasteiger partial charge in [0, 0.05) is 22.2 Å². The third-order valence-corrected chi connectivity index (χ3v) is 4.55. The van der Waals surface area contributed by atoms with E-state index in [2.05, 4.69) is 23.7 Å². The molecule has 1 aliphatic rings. The Morgan fingerprint density at radius 2 is 2.00 bits per heavy atom. The van der Waals surface area contributed by atoms with Crippen molar-refractivity contribution in [1.82, 2.24) is 0 Å². The molecule has 0 radical (unpaired) electrons. The summed E-state index contributed by atoms with van der Waals surface area (Å²) in [7, 11) is 0. The van der Waals surface area contributed by atoms with Crippen LogP contribution in [-0.4, -0.2) is 18.9 Å². The topological polar surface area (TPSA) is 21.6 Å². The third-order valence-electron chi connectivity index (χ3n) is 3.99. The Hall–Kier alpha value is -2.03. The van der Waals surface area contributed by atoms with E-state index in [1.165, 1.54) is 5.56 Å². The molecule has 0 unspecified atom stereocenters. The molecule has 2 nitrogen and oxygen atoms in total. The average Bonchev–Trinajstić information content (AvgIpc) is 2.61. The minimum Gasteiger partial charge on any atom is -0.493 e. The molecule has 25 heavy (non-hydrogen) atoms. The second-order valence-corrected chi connectivity index (χ2v) is 6.60. The number of aliphatic imine (C=N–C) groups is 1. The van der Waals surface area contributed by atoms with Crippen LogP contribution < -0.4 is 4.74 Å². The summed E-state index contributed by atoms with van der Waals surface area (Å²) in [6.07, 6.45) is 7.60. The maximum Gasteiger partial charge on any atom is 0.119 e. The summed E-state index contributed by atoms with van der Waals surface area (Å²) in [5, 5.41) is 1.26. The molecular formula is C21H19Cl2NO. The largest absolute Gasteiger partial charge is 0.493 e. The zero-order chi connectivity index (χ0) is 17.6. The van der Waals surface area contributed by atoms with Gasteiger partial charge in [-0.05, 0) is 60.4 Å². The van der Waals surface area contributed by atoms with E-state index >= 15 is 0 Å². The molecule has 4 heteroatoms. The van der Waals surface area contributed by atoms with Crippen molar-refractivity contribution >= 4 is 35.0 Å². The average molecular weight is 372 g/mol. The van der Waals surface area contributed by atoms with Gasteiger partial charge in [0.05, 0.1) is 12.3 Å². The zero-order valence-electron chi connectivity index (χ0n) is 13.8. The number of fused-ring (bicyclic) bond motifs is 1. The van der Waals surface area contributed by atoms with E-state index in [1.807, 2.05) is 36.4 Å². The smallest absolute Gasteiger partial charge is 0.119 e. The number of hydrogen-bond donors (Lipinski definition) is 0. The minimum absolute atomic E-state index is 0.631. The van der Waals surface area contributed by atoms with E-state index in [4.69, 9.17) is 27.9 Å². The van der Waals surface area contributed by atoms with Gasteiger partial charge in [0.15, 0.2) is 0 Å². The molecule has 1 heterocycles. The fourth-order valence-electron chi connectivity index (χ4n) is 2.71. The maximum atomic E-state index is 6.23. The lowest BCUT2D eigenvalue weighted by Crippen LogP contribution is -2.11. The first kappa shape index (κ1) is 17.8. The number of rotatable bonds is 6. The molecule has 0 N–H and O–H groups in total. The number of ether oxygens (including phenoxy) is 1. The highest BCUT2D eigenvalue weighted by atomic mass is 35.5. The molecule has 3 rings (SSSR count). The van der Waals surface area contributed by atoms with Crippen LogP contribution >= 0.6 is 23.2 Å². The summed E-state index contributed by atoms with van der Waals surface area (Å²) >= 11 is 12.2. The van der Waals surface area contributed by atoms with Gasteiger partial charge in [0.25, 0.3) is 0 Å². The van der Waals surface area contributed by atoms with Crippen LogP contribution in [0, 0.1) is 0 Å². The molecule has 2 aromatic carbocycles. The number of benzene rings is 2. The van der Waals surface area contributed by atoms with Crippen LogP contribution in [0.25, 0.3) is 6.08 Å². The van der Waals surface area contributed by atoms with Gasteiger partial charge in [-0.1, -0.05) is 41.4 Å². The van der Waals surface area contributed by atoms with Crippen molar-refractivity contribution in [1.29, 1.82) is 0 Å². The van der Waals surface area contributed by atoms with E-state index in [-0.39, 0.29) is 0 Å². The predicted octanol–water partition coefficient (Wildman–Crippen LogP) is 6.01. The van der Waals surface area contributed by atoms with Crippen molar-refractivity contribution in [3.63, 3.8) is 0 Å². The molecule has 0 amide bonds. The van der Waals surface area contributed by atoms with Gasteiger partial charge in [-0.3, -0.25) is 4.99 Å². The highest BCUT2D eigenvalue weighted by Gasteiger charge is 2.13. The molecule has 0 fully saturated rings. The van der Waals surface area contributed by atoms with Crippen LogP contribution in [0.3, 0.4) is 0 Å². The van der Waals surface area contributed by atoms with E-state index in [0.29, 0.717) is 16.7 Å². The molecule has 128 valence electrons. The highest BCUT2D eigenvalue weighted by Crippen LogP contribution is 2.25. The van der Waals surface area contributed by atoms with E-state index in [0.717, 1.165) is 42.0 Å². The van der Waals surface area contributed by atoms with Gasteiger partial charge in [-0.25, -0.2) is 0 Å². The highest BCUT2D eigenvalue weighted by molar-refractivity contribution is 6.35. The van der Waals surface area contributed by atoms with Gasteiger partial charge in [0.1, 0.15) is 5.75 Å². The third kappa shape index (κ3) is 4.53. The van der Waals surface area contributed by atoms with Crippen molar-refractivity contribution in [2.75, 3.05) is 13.2 Å². The Labute approximate surface area is 158 Å². The van der Waals surface area contributed by atoms with Crippen LogP contribution in [0.4, 0.5) is 0 Å². The first-order valence-corrected chi connectivity index (χ1v) is 8.97. The number of hydrogen-bond acceptors (Lipinski definition) is 2. The fraction of sp³-hybridized carbons (Fsp3) is 0.190. The van der Waals surface area contributed by atoms with Crippen LogP contribution in [0.5, 0.6) is 5.75 Å². The number of halogens is 2. The monoisotopic (exact) mass is 371 g/mol. The Morgan fingerprint density at radius 3 is 2.80 bits per heavy atom. The Kier molecular flexibility index (Phi) is 5.95. The van der Waals surface area contributed by atoms with Gasteiger partial charge < -0.3 is 4.74 Å². The summed E-state index contributed by atoms with van der Waals surface area (Å²) in [4.78, 5) is 4.64. The summed E-state index contributed by atoms with van der Waals surface area (Å²) in [6, 6.07) is 11.7. The van der Waals surface area contributed by atoms with E-state index < -0.39 is 0 Å². The van der Waals surface area contributed by atoms with E-state index in [1.54, 1.807) is 6.07 Å². The maximum absolute atomic E-state index is 6.23. The summed E-state index contributed by atoms with van der Waals surface area (Å²) in [5.41, 5.74) is 4.28. The molecule has 1 aliphatic heterocycles. The molecule has 0 aromatic heterocycles. The lowest BCUT2D eigenvalue weighted by molar-refractivity contribution is 0.324. The lowest BCUT2D eigenvalue weighted by Gasteiger charge is -2.16. The number of allylic oxidation sites excluding steroid dienone is 1. The first-order valence-electron chi connectivity index (χ1n) is 8.22. The molecule has 0 atom stereocenters. The summed E-state index contributed by atoms with van der Waals surface area (Å²) in [5.74, 6) is 0.895. The Balaban J connectivity index is 1.79. The van der Waals surface area contributed by atoms with Crippen molar-refractivity contribution in [3.05, 3.63) is 81.9 Å². The SMILES string of the molecule is C=CCCOc1ccc2c(c1)CCN=C2/C=C/c1ccc(Cl)cc1Cl. The molecule has 0 spiro atoms. The molecule has 0 saturated carbocycles. The van der Waals surface area contributed by atoms with Crippen LogP contribution in [0.15, 0.2) is 60.1 Å². The standard InChI is InChI=1S/C21H19Cl2NO/c1-2-3-12-25-18-7-8-19-16(13-18)10-11-24-21(19)9-5-15-4-6-17(22)14-20(15)23/h2,4-9,13-14H,1,3,10-12H2/b9-5+. The van der Waals surface area contributed by atoms with Crippen LogP contribution in [0.1, 0.15) is 23.1 Å². The second-order valence-electron chi connectivity index (χ2n) is 5.76. The molecule has 0 aliphatic carbocycles. The van der Waals surface area contributed by atoms with Gasteiger partial charge in [-0.15, -0.1) is 6.58 Å². The summed E-state index contributed by atoms with van der Waals surface area (Å²) in [6.45, 7) is 5.13. The minimum atomic E-state index is 0.631. The van der Waals surface area contributed by atoms with Gasteiger partial charge in [0.2, 0.25) is 0 Å². The first-order chi connectivity index (χ1) is 12.2. The fourth-order valence-corrected chi connectivity index (χ4v) is 3.18. The van der Waals surface area contributed by atoms with Gasteiger partial charge in [-0.2, -0.15) is 0 Å². The quantitative estimate of drug-likeness (QED) is 0.450. The molecule has 2 aromatic rings. The van der Waals surface area contributed by atoms with Gasteiger partial charge >= 0.3 is 0 Å². The second kappa shape index (κ2) is 8.37. The summed E-state index contributed by atoms with van der Waals surface area (Å²) < 4.78 is 5.74. The Bertz CT molecular complexity index is 840. The molecule has 0 bridgehead atoms. The lowest BCUT2D eigenvalue weighted by atomic mass is 9.96. The predicted molar refractivity (Wildman–Crippen MR) is 107 cm³/mol. The van der Waals surface area contributed by atoms with Crippen molar-refractivity contribution < 1.29 is 4.74 Å². The van der Waals surface area contributed by atoms with Crippen molar-refractivity contribution in [3.8, 4) is 5.75 Å². The zero-order valence-corrected chi connectivity index (χ0v) is 15.4. The molecular weight excluding hydrogens is 353 g/mol. The van der Waals surface area contributed by atoms with Crippen molar-refractivity contribution in [2.45, 2.75) is 12.8 Å².